The van der Waals surface area contributed by atoms with E-state index in [1.807, 2.05) is 0 Å². The van der Waals surface area contributed by atoms with E-state index in [1.54, 1.807) is 18.3 Å². The zero-order chi connectivity index (χ0) is 13.2. The number of likely N-dealkylation sites (tertiary alicyclic amines) is 1. The minimum absolute atomic E-state index is 0. The van der Waals surface area contributed by atoms with Crippen molar-refractivity contribution in [1.82, 2.24) is 9.88 Å². The Balaban J connectivity index is 0.00000147. The van der Waals surface area contributed by atoms with E-state index < -0.39 is 0 Å². The number of rotatable bonds is 2. The molecule has 1 amide bonds. The molecule has 20 heavy (non-hydrogen) atoms. The maximum Gasteiger partial charge on any atom is 0.272 e. The van der Waals surface area contributed by atoms with Crippen molar-refractivity contribution in [1.29, 1.82) is 0 Å². The number of anilines is 1. The molecule has 1 atom stereocenters. The Morgan fingerprint density at radius 1 is 1.20 bits per heavy atom. The van der Waals surface area contributed by atoms with Gasteiger partial charge in [-0.2, -0.15) is 0 Å². The van der Waals surface area contributed by atoms with Crippen molar-refractivity contribution in [3.8, 4) is 0 Å². The molecule has 2 N–H and O–H groups in total. The van der Waals surface area contributed by atoms with Gasteiger partial charge in [-0.25, -0.2) is 4.98 Å². The number of carbonyl (C=O) groups is 1. The van der Waals surface area contributed by atoms with Gasteiger partial charge in [0.05, 0.1) is 11.9 Å². The number of hydrogen-bond donors (Lipinski definition) is 1. The summed E-state index contributed by atoms with van der Waals surface area (Å²) in [5.74, 6) is 0.787. The van der Waals surface area contributed by atoms with Gasteiger partial charge in [0, 0.05) is 12.6 Å². The number of halogens is 1. The molecule has 2 aliphatic rings. The molecule has 1 aromatic heterocycles. The molecule has 1 aromatic rings. The van der Waals surface area contributed by atoms with Crippen LogP contribution in [0.2, 0.25) is 0 Å². The Hall–Kier alpha value is -1.29. The molecule has 1 aliphatic heterocycles. The Kier molecular flexibility index (Phi) is 4.86. The molecule has 2 fully saturated rings. The van der Waals surface area contributed by atoms with E-state index in [2.05, 4.69) is 9.88 Å². The summed E-state index contributed by atoms with van der Waals surface area (Å²) in [6.45, 7) is 0.881. The first kappa shape index (κ1) is 15.1. The monoisotopic (exact) mass is 295 g/mol. The summed E-state index contributed by atoms with van der Waals surface area (Å²) in [6, 6.07) is 3.93. The largest absolute Gasteiger partial charge is 0.397 e. The van der Waals surface area contributed by atoms with Crippen LogP contribution in [0.1, 0.15) is 49.0 Å². The van der Waals surface area contributed by atoms with Crippen LogP contribution in [0.5, 0.6) is 0 Å². The predicted octanol–water partition coefficient (Wildman–Crippen LogP) is 2.88. The second kappa shape index (κ2) is 6.44. The highest BCUT2D eigenvalue weighted by Gasteiger charge is 2.36. The summed E-state index contributed by atoms with van der Waals surface area (Å²) in [5.41, 5.74) is 6.75. The van der Waals surface area contributed by atoms with E-state index in [0.29, 0.717) is 23.3 Å². The minimum Gasteiger partial charge on any atom is -0.397 e. The quantitative estimate of drug-likeness (QED) is 0.912. The van der Waals surface area contributed by atoms with Crippen molar-refractivity contribution in [2.75, 3.05) is 12.3 Å². The van der Waals surface area contributed by atoms with Gasteiger partial charge in [-0.3, -0.25) is 4.79 Å². The normalized spacial score (nSPS) is 22.8. The molecular weight excluding hydrogens is 274 g/mol. The number of amides is 1. The predicted molar refractivity (Wildman–Crippen MR) is 81.9 cm³/mol. The number of nitrogens with two attached hydrogens (primary N) is 1. The number of carbonyl (C=O) groups excluding carboxylic acids is 1. The maximum absolute atomic E-state index is 12.5. The average Bonchev–Trinajstić information content (AvgIpc) is 3.09. The second-order valence-electron chi connectivity index (χ2n) is 5.73. The van der Waals surface area contributed by atoms with Gasteiger partial charge in [0.25, 0.3) is 5.91 Å². The van der Waals surface area contributed by atoms with Crippen LogP contribution in [-0.4, -0.2) is 28.4 Å². The first-order valence-electron chi connectivity index (χ1n) is 7.28. The Morgan fingerprint density at radius 2 is 1.95 bits per heavy atom. The average molecular weight is 296 g/mol. The zero-order valence-electron chi connectivity index (χ0n) is 11.6. The lowest BCUT2D eigenvalue weighted by Gasteiger charge is -2.29. The highest BCUT2D eigenvalue weighted by molar-refractivity contribution is 5.92. The number of pyridine rings is 1. The Morgan fingerprint density at radius 3 is 2.60 bits per heavy atom. The van der Waals surface area contributed by atoms with Gasteiger partial charge in [-0.05, 0) is 43.7 Å². The van der Waals surface area contributed by atoms with Crippen LogP contribution in [0.15, 0.2) is 18.3 Å². The molecule has 1 aliphatic carbocycles. The summed E-state index contributed by atoms with van der Waals surface area (Å²) in [6.07, 6.45) is 9.06. The minimum atomic E-state index is 0. The molecule has 2 heterocycles. The van der Waals surface area contributed by atoms with E-state index in [1.165, 1.54) is 25.7 Å². The van der Waals surface area contributed by atoms with Crippen LogP contribution in [0, 0.1) is 5.92 Å². The van der Waals surface area contributed by atoms with Gasteiger partial charge >= 0.3 is 0 Å². The summed E-state index contributed by atoms with van der Waals surface area (Å²) in [4.78, 5) is 18.8. The van der Waals surface area contributed by atoms with Crippen LogP contribution in [0.3, 0.4) is 0 Å². The summed E-state index contributed by atoms with van der Waals surface area (Å²) >= 11 is 0. The standard InChI is InChI=1S/C15H21N3O.ClH/c16-12-7-8-13(17-10-12)15(19)18-9-3-6-14(18)11-4-1-2-5-11;/h7-8,10-11,14H,1-6,9,16H2;1H. The molecule has 1 saturated heterocycles. The van der Waals surface area contributed by atoms with Crippen LogP contribution in [-0.2, 0) is 0 Å². The van der Waals surface area contributed by atoms with Crippen LogP contribution in [0.25, 0.3) is 0 Å². The van der Waals surface area contributed by atoms with Gasteiger partial charge in [-0.1, -0.05) is 12.8 Å². The molecule has 0 spiro atoms. The molecular formula is C15H22ClN3O. The fourth-order valence-corrected chi connectivity index (χ4v) is 3.56. The molecule has 110 valence electrons. The maximum atomic E-state index is 12.5. The number of aromatic nitrogens is 1. The van der Waals surface area contributed by atoms with E-state index in [-0.39, 0.29) is 18.3 Å². The molecule has 1 unspecified atom stereocenters. The van der Waals surface area contributed by atoms with Gasteiger partial charge in [0.1, 0.15) is 5.69 Å². The van der Waals surface area contributed by atoms with Crippen molar-refractivity contribution in [3.05, 3.63) is 24.0 Å². The van der Waals surface area contributed by atoms with Crippen molar-refractivity contribution in [2.45, 2.75) is 44.6 Å². The Bertz CT molecular complexity index is 457. The van der Waals surface area contributed by atoms with Crippen LogP contribution >= 0.6 is 12.4 Å². The van der Waals surface area contributed by atoms with Crippen molar-refractivity contribution in [3.63, 3.8) is 0 Å². The smallest absolute Gasteiger partial charge is 0.272 e. The molecule has 0 radical (unpaired) electrons. The molecule has 0 bridgehead atoms. The first-order chi connectivity index (χ1) is 9.25. The molecule has 3 rings (SSSR count). The van der Waals surface area contributed by atoms with Gasteiger partial charge in [-0.15, -0.1) is 12.4 Å². The summed E-state index contributed by atoms with van der Waals surface area (Å²) in [7, 11) is 0. The SMILES string of the molecule is Cl.Nc1ccc(C(=O)N2CCCC2C2CCCC2)nc1. The van der Waals surface area contributed by atoms with E-state index >= 15 is 0 Å². The lowest BCUT2D eigenvalue weighted by atomic mass is 9.96. The summed E-state index contributed by atoms with van der Waals surface area (Å²) in [5, 5.41) is 0. The van der Waals surface area contributed by atoms with Crippen molar-refractivity contribution >= 4 is 24.0 Å². The molecule has 4 nitrogen and oxygen atoms in total. The number of nitrogen functional groups attached to an aromatic ring is 1. The van der Waals surface area contributed by atoms with Crippen LogP contribution in [0.4, 0.5) is 5.69 Å². The van der Waals surface area contributed by atoms with E-state index in [0.717, 1.165) is 19.4 Å². The summed E-state index contributed by atoms with van der Waals surface area (Å²) < 4.78 is 0. The third-order valence-electron chi connectivity index (χ3n) is 4.51. The molecule has 1 saturated carbocycles. The topological polar surface area (TPSA) is 59.2 Å². The number of hydrogen-bond acceptors (Lipinski definition) is 3. The first-order valence-corrected chi connectivity index (χ1v) is 7.28. The van der Waals surface area contributed by atoms with E-state index in [4.69, 9.17) is 5.73 Å². The van der Waals surface area contributed by atoms with Crippen LogP contribution < -0.4 is 5.73 Å². The third-order valence-corrected chi connectivity index (χ3v) is 4.51. The highest BCUT2D eigenvalue weighted by Crippen LogP contribution is 2.35. The van der Waals surface area contributed by atoms with E-state index in [9.17, 15) is 4.79 Å². The lowest BCUT2D eigenvalue weighted by molar-refractivity contribution is 0.0683. The third kappa shape index (κ3) is 2.90. The zero-order valence-corrected chi connectivity index (χ0v) is 12.4. The van der Waals surface area contributed by atoms with Crippen molar-refractivity contribution < 1.29 is 4.79 Å². The van der Waals surface area contributed by atoms with Gasteiger partial charge in [0.15, 0.2) is 0 Å². The Labute approximate surface area is 126 Å². The molecule has 0 aromatic carbocycles. The van der Waals surface area contributed by atoms with Crippen molar-refractivity contribution in [2.24, 2.45) is 5.92 Å². The lowest BCUT2D eigenvalue weighted by Crippen LogP contribution is -2.39. The fraction of sp³-hybridized carbons (Fsp3) is 0.600. The number of nitrogens with zero attached hydrogens (tertiary/aromatic N) is 2. The second-order valence-corrected chi connectivity index (χ2v) is 5.73. The molecule has 5 heteroatoms. The fourth-order valence-electron chi connectivity index (χ4n) is 3.56. The van der Waals surface area contributed by atoms with Gasteiger partial charge < -0.3 is 10.6 Å². The highest BCUT2D eigenvalue weighted by atomic mass is 35.5. The van der Waals surface area contributed by atoms with Gasteiger partial charge in [0.2, 0.25) is 0 Å².